The van der Waals surface area contributed by atoms with Crippen LogP contribution in [0.3, 0.4) is 0 Å². The number of carbonyl (C=O) groups is 1. The fourth-order valence-corrected chi connectivity index (χ4v) is 4.03. The molecular weight excluding hydrogens is 364 g/mol. The monoisotopic (exact) mass is 386 g/mol. The molecule has 142 valence electrons. The minimum absolute atomic E-state index is 0.0617. The summed E-state index contributed by atoms with van der Waals surface area (Å²) in [6, 6.07) is 13.9. The van der Waals surface area contributed by atoms with Crippen LogP contribution in [0.1, 0.15) is 24.2 Å². The van der Waals surface area contributed by atoms with Gasteiger partial charge in [0.1, 0.15) is 0 Å². The lowest BCUT2D eigenvalue weighted by Crippen LogP contribution is -2.54. The smallest absolute Gasteiger partial charge is 0.283 e. The van der Waals surface area contributed by atoms with Crippen molar-refractivity contribution >= 4 is 23.2 Å². The number of ketones is 1. The first-order chi connectivity index (χ1) is 12.9. The largest absolute Gasteiger partial charge is 0.379 e. The molecule has 1 fully saturated rings. The molecule has 27 heavy (non-hydrogen) atoms. The number of para-hydroxylation sites is 1. The van der Waals surface area contributed by atoms with Gasteiger partial charge in [0.25, 0.3) is 5.69 Å². The summed E-state index contributed by atoms with van der Waals surface area (Å²) in [7, 11) is 0. The van der Waals surface area contributed by atoms with Crippen LogP contribution in [0.4, 0.5) is 5.69 Å². The van der Waals surface area contributed by atoms with Gasteiger partial charge in [-0.25, -0.2) is 0 Å². The molecular formula is C20H22N2O4S. The number of carbonyl (C=O) groups excluding carboxylic acids is 1. The zero-order chi connectivity index (χ0) is 19.4. The average molecular weight is 386 g/mol. The molecule has 2 aromatic rings. The second-order valence-electron chi connectivity index (χ2n) is 6.84. The van der Waals surface area contributed by atoms with Gasteiger partial charge in [0.2, 0.25) is 0 Å². The van der Waals surface area contributed by atoms with E-state index >= 15 is 0 Å². The summed E-state index contributed by atoms with van der Waals surface area (Å²) in [4.78, 5) is 27.3. The van der Waals surface area contributed by atoms with Crippen molar-refractivity contribution in [2.45, 2.75) is 29.2 Å². The third-order valence-electron chi connectivity index (χ3n) is 4.76. The molecule has 1 aliphatic heterocycles. The summed E-state index contributed by atoms with van der Waals surface area (Å²) >= 11 is 1.32. The highest BCUT2D eigenvalue weighted by atomic mass is 32.2. The van der Waals surface area contributed by atoms with E-state index < -0.39 is 5.54 Å². The zero-order valence-corrected chi connectivity index (χ0v) is 16.2. The summed E-state index contributed by atoms with van der Waals surface area (Å²) in [5, 5.41) is 11.2. The van der Waals surface area contributed by atoms with E-state index in [1.165, 1.54) is 17.8 Å². The maximum absolute atomic E-state index is 13.0. The molecule has 1 saturated heterocycles. The summed E-state index contributed by atoms with van der Waals surface area (Å²) in [6.45, 7) is 6.65. The Morgan fingerprint density at radius 2 is 1.74 bits per heavy atom. The van der Waals surface area contributed by atoms with Crippen LogP contribution < -0.4 is 0 Å². The number of rotatable bonds is 6. The number of nitro groups is 1. The third-order valence-corrected chi connectivity index (χ3v) is 5.84. The lowest BCUT2D eigenvalue weighted by atomic mass is 9.91. The predicted octanol–water partition coefficient (Wildman–Crippen LogP) is 4.04. The van der Waals surface area contributed by atoms with E-state index in [-0.39, 0.29) is 16.4 Å². The van der Waals surface area contributed by atoms with E-state index in [0.29, 0.717) is 23.7 Å². The van der Waals surface area contributed by atoms with Gasteiger partial charge in [-0.2, -0.15) is 0 Å². The van der Waals surface area contributed by atoms with Gasteiger partial charge in [0, 0.05) is 29.6 Å². The summed E-state index contributed by atoms with van der Waals surface area (Å²) in [5.41, 5.74) is 0.117. The first-order valence-electron chi connectivity index (χ1n) is 8.78. The van der Waals surface area contributed by atoms with Gasteiger partial charge in [0.05, 0.1) is 28.6 Å². The van der Waals surface area contributed by atoms with Crippen LogP contribution in [0.25, 0.3) is 0 Å². The lowest BCUT2D eigenvalue weighted by molar-refractivity contribution is -0.387. The molecule has 3 rings (SSSR count). The standard InChI is InChI=1S/C20H22N2O4S/c1-20(2,21-11-13-26-14-12-21)19(23)15-7-9-16(10-8-15)27-18-6-4-3-5-17(18)22(24)25/h3-10H,11-14H2,1-2H3. The van der Waals surface area contributed by atoms with Crippen molar-refractivity contribution < 1.29 is 14.5 Å². The molecule has 0 spiro atoms. The Balaban J connectivity index is 1.75. The zero-order valence-electron chi connectivity index (χ0n) is 15.4. The van der Waals surface area contributed by atoms with Crippen molar-refractivity contribution in [2.75, 3.05) is 26.3 Å². The van der Waals surface area contributed by atoms with E-state index in [9.17, 15) is 14.9 Å². The molecule has 0 atom stereocenters. The highest BCUT2D eigenvalue weighted by Gasteiger charge is 2.35. The van der Waals surface area contributed by atoms with Crippen molar-refractivity contribution in [2.24, 2.45) is 0 Å². The van der Waals surface area contributed by atoms with Crippen molar-refractivity contribution in [1.29, 1.82) is 0 Å². The minimum Gasteiger partial charge on any atom is -0.379 e. The summed E-state index contributed by atoms with van der Waals surface area (Å²) < 4.78 is 5.38. The van der Waals surface area contributed by atoms with Crippen LogP contribution in [0.2, 0.25) is 0 Å². The van der Waals surface area contributed by atoms with Gasteiger partial charge < -0.3 is 4.74 Å². The fraction of sp³-hybridized carbons (Fsp3) is 0.350. The molecule has 1 aliphatic rings. The second kappa shape index (κ2) is 8.21. The van der Waals surface area contributed by atoms with E-state index in [1.807, 2.05) is 26.0 Å². The molecule has 0 amide bonds. The highest BCUT2D eigenvalue weighted by Crippen LogP contribution is 2.34. The summed E-state index contributed by atoms with van der Waals surface area (Å²) in [6.07, 6.45) is 0. The first kappa shape index (κ1) is 19.5. The van der Waals surface area contributed by atoms with Crippen LogP contribution in [0, 0.1) is 10.1 Å². The quantitative estimate of drug-likeness (QED) is 0.424. The summed E-state index contributed by atoms with van der Waals surface area (Å²) in [5.74, 6) is 0.0617. The number of nitro benzene ring substituents is 1. The van der Waals surface area contributed by atoms with Gasteiger partial charge in [-0.05, 0) is 32.0 Å². The van der Waals surface area contributed by atoms with E-state index in [4.69, 9.17) is 4.74 Å². The number of ether oxygens (including phenoxy) is 1. The molecule has 0 bridgehead atoms. The number of benzene rings is 2. The Kier molecular flexibility index (Phi) is 5.94. The Hall–Kier alpha value is -2.22. The Morgan fingerprint density at radius 3 is 2.37 bits per heavy atom. The van der Waals surface area contributed by atoms with Gasteiger partial charge in [0.15, 0.2) is 5.78 Å². The van der Waals surface area contributed by atoms with Gasteiger partial charge in [-0.1, -0.05) is 36.0 Å². The number of nitrogens with zero attached hydrogens (tertiary/aromatic N) is 2. The molecule has 1 heterocycles. The van der Waals surface area contributed by atoms with Crippen LogP contribution in [-0.2, 0) is 4.74 Å². The molecule has 7 heteroatoms. The Morgan fingerprint density at radius 1 is 1.11 bits per heavy atom. The lowest BCUT2D eigenvalue weighted by Gasteiger charge is -2.39. The van der Waals surface area contributed by atoms with Crippen molar-refractivity contribution in [3.8, 4) is 0 Å². The Bertz CT molecular complexity index is 830. The maximum atomic E-state index is 13.0. The highest BCUT2D eigenvalue weighted by molar-refractivity contribution is 7.99. The third kappa shape index (κ3) is 4.37. The van der Waals surface area contributed by atoms with Crippen molar-refractivity contribution in [1.82, 2.24) is 4.90 Å². The number of Topliss-reactive ketones (excluding diaryl/α,β-unsaturated/α-hetero) is 1. The molecule has 0 unspecified atom stereocenters. The van der Waals surface area contributed by atoms with E-state index in [0.717, 1.165) is 18.0 Å². The molecule has 0 radical (unpaired) electrons. The van der Waals surface area contributed by atoms with Gasteiger partial charge >= 0.3 is 0 Å². The van der Waals surface area contributed by atoms with Crippen LogP contribution >= 0.6 is 11.8 Å². The second-order valence-corrected chi connectivity index (χ2v) is 7.95. The van der Waals surface area contributed by atoms with Crippen LogP contribution in [0.15, 0.2) is 58.3 Å². The average Bonchev–Trinajstić information content (AvgIpc) is 2.69. The number of hydrogen-bond donors (Lipinski definition) is 0. The molecule has 0 aliphatic carbocycles. The fourth-order valence-electron chi connectivity index (χ4n) is 3.11. The van der Waals surface area contributed by atoms with Crippen LogP contribution in [-0.4, -0.2) is 47.4 Å². The van der Waals surface area contributed by atoms with Gasteiger partial charge in [-0.15, -0.1) is 0 Å². The Labute approximate surface area is 162 Å². The maximum Gasteiger partial charge on any atom is 0.283 e. The first-order valence-corrected chi connectivity index (χ1v) is 9.60. The number of morpholine rings is 1. The molecule has 6 nitrogen and oxygen atoms in total. The molecule has 0 aromatic heterocycles. The predicted molar refractivity (Wildman–Crippen MR) is 104 cm³/mol. The molecule has 0 saturated carbocycles. The molecule has 0 N–H and O–H groups in total. The van der Waals surface area contributed by atoms with Crippen LogP contribution in [0.5, 0.6) is 0 Å². The molecule has 2 aromatic carbocycles. The van der Waals surface area contributed by atoms with Gasteiger partial charge in [-0.3, -0.25) is 19.8 Å². The minimum atomic E-state index is -0.601. The van der Waals surface area contributed by atoms with E-state index in [1.54, 1.807) is 30.3 Å². The van der Waals surface area contributed by atoms with E-state index in [2.05, 4.69) is 4.90 Å². The normalized spacial score (nSPS) is 15.5. The van der Waals surface area contributed by atoms with Crippen molar-refractivity contribution in [3.05, 3.63) is 64.2 Å². The SMILES string of the molecule is CC(C)(C(=O)c1ccc(Sc2ccccc2[N+](=O)[O-])cc1)N1CCOCC1. The van der Waals surface area contributed by atoms with Crippen molar-refractivity contribution in [3.63, 3.8) is 0 Å². The number of hydrogen-bond acceptors (Lipinski definition) is 6. The topological polar surface area (TPSA) is 72.7 Å².